The predicted octanol–water partition coefficient (Wildman–Crippen LogP) is 0.583. The van der Waals surface area contributed by atoms with Crippen LogP contribution in [0.5, 0.6) is 0 Å². The average Bonchev–Trinajstić information content (AvgIpc) is 3.70. The largest absolute Gasteiger partial charge is 0.443 e. The van der Waals surface area contributed by atoms with E-state index in [2.05, 4.69) is 42.8 Å². The maximum absolute atomic E-state index is 12.6. The van der Waals surface area contributed by atoms with Crippen molar-refractivity contribution in [2.75, 3.05) is 54.0 Å². The number of hydrogen-bond donors (Lipinski definition) is 3. The van der Waals surface area contributed by atoms with Crippen LogP contribution < -0.4 is 16.0 Å². The van der Waals surface area contributed by atoms with Gasteiger partial charge in [0.2, 0.25) is 11.8 Å². The molecule has 1 spiro atoms. The van der Waals surface area contributed by atoms with E-state index in [0.717, 1.165) is 12.8 Å². The molecule has 3 amide bonds. The minimum absolute atomic E-state index is 0.00704. The molecule has 36 heavy (non-hydrogen) atoms. The van der Waals surface area contributed by atoms with Crippen LogP contribution in [0.25, 0.3) is 0 Å². The van der Waals surface area contributed by atoms with Gasteiger partial charge in [-0.3, -0.25) is 19.8 Å². The number of alkyl carbamates (subject to hydrolysis) is 1. The fourth-order valence-corrected chi connectivity index (χ4v) is 5.32. The quantitative estimate of drug-likeness (QED) is 0.255. The van der Waals surface area contributed by atoms with Crippen LogP contribution >= 0.6 is 0 Å². The molecule has 1 aliphatic carbocycles. The van der Waals surface area contributed by atoms with Gasteiger partial charge in [0.05, 0.1) is 31.7 Å². The minimum Gasteiger partial charge on any atom is -0.443 e. The van der Waals surface area contributed by atoms with Crippen molar-refractivity contribution in [2.24, 2.45) is 5.92 Å². The second-order valence-corrected chi connectivity index (χ2v) is 10.5. The number of ether oxygens (including phenoxy) is 4. The highest BCUT2D eigenvalue weighted by Crippen LogP contribution is 2.59. The summed E-state index contributed by atoms with van der Waals surface area (Å²) in [5.41, 5.74) is 0.499. The van der Waals surface area contributed by atoms with Crippen LogP contribution in [0.1, 0.15) is 40.0 Å². The third-order valence-electron chi connectivity index (χ3n) is 7.30. The maximum Gasteiger partial charge on any atom is 0.414 e. The normalized spacial score (nSPS) is 32.6. The van der Waals surface area contributed by atoms with Crippen LogP contribution in [0.4, 0.5) is 4.79 Å². The maximum atomic E-state index is 12.6. The van der Waals surface area contributed by atoms with Crippen molar-refractivity contribution in [1.82, 2.24) is 20.9 Å². The Labute approximate surface area is 213 Å². The van der Waals surface area contributed by atoms with E-state index in [-0.39, 0.29) is 36.6 Å². The Morgan fingerprint density at radius 1 is 1.22 bits per heavy atom. The van der Waals surface area contributed by atoms with Crippen LogP contribution in [-0.2, 0) is 28.5 Å². The number of amides is 3. The lowest BCUT2D eigenvalue weighted by Gasteiger charge is -2.42. The van der Waals surface area contributed by atoms with Crippen molar-refractivity contribution in [1.29, 1.82) is 0 Å². The van der Waals surface area contributed by atoms with Gasteiger partial charge in [-0.2, -0.15) is 0 Å². The predicted molar refractivity (Wildman–Crippen MR) is 132 cm³/mol. The molecule has 11 nitrogen and oxygen atoms in total. The van der Waals surface area contributed by atoms with Crippen molar-refractivity contribution >= 4 is 17.9 Å². The van der Waals surface area contributed by atoms with E-state index in [4.69, 9.17) is 18.9 Å². The molecule has 3 aliphatic rings. The van der Waals surface area contributed by atoms with Crippen molar-refractivity contribution in [2.45, 2.75) is 69.5 Å². The number of nitrogens with zero attached hydrogens (tertiary/aromatic N) is 1. The van der Waals surface area contributed by atoms with Crippen LogP contribution in [0.2, 0.25) is 0 Å². The number of nitrogens with one attached hydrogen (secondary N) is 3. The lowest BCUT2D eigenvalue weighted by Crippen LogP contribution is -2.56. The number of carbonyl (C=O) groups excluding carboxylic acids is 3. The van der Waals surface area contributed by atoms with Gasteiger partial charge in [-0.05, 0) is 54.1 Å². The number of rotatable bonds is 12. The number of epoxide rings is 2. The lowest BCUT2D eigenvalue weighted by atomic mass is 9.68. The second kappa shape index (κ2) is 12.0. The molecule has 2 saturated heterocycles. The zero-order valence-corrected chi connectivity index (χ0v) is 22.3. The standard InChI is InChI=1S/C25H42N4O7/c1-16(2)7-8-18-24(3,36-18)22-21(33-6)17(9-10-25(22)15-34-25)35-23(32)28-20(31)14-29(5)12-11-27-19(30)13-26-4/h7,17-18,21-22,26H,8-15H2,1-6H3,(H,27,30)(H,28,31,32)/t17?,18-,21?,22?,24?,25+/m1/s1. The third-order valence-corrected chi connectivity index (χ3v) is 7.30. The summed E-state index contributed by atoms with van der Waals surface area (Å²) in [6.07, 6.45) is 2.63. The summed E-state index contributed by atoms with van der Waals surface area (Å²) in [7, 11) is 5.04. The molecule has 204 valence electrons. The molecule has 2 aliphatic heterocycles. The van der Waals surface area contributed by atoms with Crippen LogP contribution in [0, 0.1) is 5.92 Å². The van der Waals surface area contributed by atoms with Gasteiger partial charge in [-0.1, -0.05) is 11.6 Å². The molecule has 6 atom stereocenters. The van der Waals surface area contributed by atoms with Crippen LogP contribution in [0.15, 0.2) is 11.6 Å². The zero-order valence-electron chi connectivity index (χ0n) is 22.3. The fourth-order valence-electron chi connectivity index (χ4n) is 5.32. The van der Waals surface area contributed by atoms with Crippen molar-refractivity contribution in [3.63, 3.8) is 0 Å². The molecule has 3 rings (SSSR count). The Bertz CT molecular complexity index is 842. The Balaban J connectivity index is 1.51. The number of hydrogen-bond acceptors (Lipinski definition) is 9. The first-order valence-electron chi connectivity index (χ1n) is 12.6. The van der Waals surface area contributed by atoms with E-state index in [1.54, 1.807) is 26.1 Å². The van der Waals surface area contributed by atoms with E-state index in [1.807, 2.05) is 0 Å². The van der Waals surface area contributed by atoms with E-state index < -0.39 is 29.8 Å². The average molecular weight is 511 g/mol. The zero-order chi connectivity index (χ0) is 26.5. The molecule has 0 aromatic rings. The van der Waals surface area contributed by atoms with Crippen molar-refractivity contribution < 1.29 is 33.3 Å². The van der Waals surface area contributed by atoms with Crippen molar-refractivity contribution in [3.8, 4) is 0 Å². The molecule has 11 heteroatoms. The number of carbonyl (C=O) groups is 3. The fraction of sp³-hybridized carbons (Fsp3) is 0.800. The topological polar surface area (TPSA) is 134 Å². The Morgan fingerprint density at radius 2 is 1.94 bits per heavy atom. The van der Waals surface area contributed by atoms with Gasteiger partial charge in [0.1, 0.15) is 23.4 Å². The van der Waals surface area contributed by atoms with Gasteiger partial charge in [0.15, 0.2) is 0 Å². The molecule has 0 radical (unpaired) electrons. The molecule has 2 heterocycles. The summed E-state index contributed by atoms with van der Waals surface area (Å²) in [4.78, 5) is 38.1. The van der Waals surface area contributed by atoms with E-state index >= 15 is 0 Å². The van der Waals surface area contributed by atoms with Gasteiger partial charge in [-0.15, -0.1) is 0 Å². The summed E-state index contributed by atoms with van der Waals surface area (Å²) in [5.74, 6) is -0.687. The number of likely N-dealkylation sites (N-methyl/N-ethyl adjacent to an activating group) is 2. The molecule has 0 bridgehead atoms. The summed E-state index contributed by atoms with van der Waals surface area (Å²) in [6, 6.07) is 0. The monoisotopic (exact) mass is 510 g/mol. The SMILES string of the molecule is CNCC(=O)NCCN(C)CC(=O)NC(=O)OC1CC[C@]2(CO2)C(C2(C)O[C@@H]2CC=C(C)C)C1OC. The highest BCUT2D eigenvalue weighted by atomic mass is 16.6. The minimum atomic E-state index is -0.794. The Hall–Kier alpha value is -2.05. The number of imide groups is 1. The molecular weight excluding hydrogens is 468 g/mol. The van der Waals surface area contributed by atoms with E-state index in [9.17, 15) is 14.4 Å². The van der Waals surface area contributed by atoms with E-state index in [1.165, 1.54) is 5.57 Å². The Kier molecular flexibility index (Phi) is 9.50. The molecular formula is C25H42N4O7. The van der Waals surface area contributed by atoms with Crippen molar-refractivity contribution in [3.05, 3.63) is 11.6 Å². The molecule has 1 saturated carbocycles. The van der Waals surface area contributed by atoms with Gasteiger partial charge in [0.25, 0.3) is 0 Å². The summed E-state index contributed by atoms with van der Waals surface area (Å²) in [6.45, 7) is 7.94. The van der Waals surface area contributed by atoms with E-state index in [0.29, 0.717) is 26.1 Å². The first-order valence-corrected chi connectivity index (χ1v) is 12.6. The summed E-state index contributed by atoms with van der Waals surface area (Å²) < 4.78 is 23.7. The van der Waals surface area contributed by atoms with Crippen LogP contribution in [-0.4, -0.2) is 106 Å². The molecule has 4 unspecified atom stereocenters. The number of allylic oxidation sites excluding steroid dienone is 1. The third kappa shape index (κ3) is 7.04. The molecule has 3 N–H and O–H groups in total. The first kappa shape index (κ1) is 28.5. The van der Waals surface area contributed by atoms with Gasteiger partial charge in [0, 0.05) is 20.2 Å². The first-order chi connectivity index (χ1) is 17.0. The Morgan fingerprint density at radius 3 is 2.56 bits per heavy atom. The van der Waals surface area contributed by atoms with Crippen LogP contribution in [0.3, 0.4) is 0 Å². The smallest absolute Gasteiger partial charge is 0.414 e. The summed E-state index contributed by atoms with van der Waals surface area (Å²) in [5, 5.41) is 7.81. The molecule has 0 aromatic heterocycles. The number of methoxy groups -OCH3 is 1. The lowest BCUT2D eigenvalue weighted by molar-refractivity contribution is -0.126. The highest BCUT2D eigenvalue weighted by molar-refractivity contribution is 5.92. The second-order valence-electron chi connectivity index (χ2n) is 10.5. The van der Waals surface area contributed by atoms with Gasteiger partial charge < -0.3 is 29.6 Å². The summed E-state index contributed by atoms with van der Waals surface area (Å²) >= 11 is 0. The molecule has 3 fully saturated rings. The van der Waals surface area contributed by atoms with Gasteiger partial charge >= 0.3 is 6.09 Å². The van der Waals surface area contributed by atoms with Gasteiger partial charge in [-0.25, -0.2) is 4.79 Å². The molecule has 0 aromatic carbocycles. The highest BCUT2D eigenvalue weighted by Gasteiger charge is 2.72.